The Hall–Kier alpha value is -0.760. The molecule has 0 radical (unpaired) electrons. The summed E-state index contributed by atoms with van der Waals surface area (Å²) in [7, 11) is -3.81. The zero-order valence-corrected chi connectivity index (χ0v) is 15.6. The molecule has 0 atom stereocenters. The molecule has 0 aromatic heterocycles. The normalized spacial score (nSPS) is 11.4. The number of nitrogens with one attached hydrogen (secondary N) is 1. The van der Waals surface area contributed by atoms with Crippen molar-refractivity contribution in [2.24, 2.45) is 0 Å². The molecule has 2 aromatic rings. The second-order valence-electron chi connectivity index (χ2n) is 4.39. The fraction of sp³-hybridized carbons (Fsp3) is 0.0769. The molecule has 8 heteroatoms. The number of nitrogen functional groups attached to an aromatic ring is 1. The van der Waals surface area contributed by atoms with Gasteiger partial charge in [0.1, 0.15) is 4.90 Å². The highest BCUT2D eigenvalue weighted by molar-refractivity contribution is 9.11. The first-order valence-electron chi connectivity index (χ1n) is 5.74. The number of sulfonamides is 1. The quantitative estimate of drug-likeness (QED) is 0.668. The number of anilines is 2. The molecule has 0 aliphatic carbocycles. The second kappa shape index (κ2) is 6.16. The fourth-order valence-electron chi connectivity index (χ4n) is 1.75. The van der Waals surface area contributed by atoms with Crippen LogP contribution < -0.4 is 10.5 Å². The molecular weight excluding hydrogens is 443 g/mol. The SMILES string of the molecule is Cc1cc(Br)c(NS(=O)(=O)c2ccc(Cl)cc2N)c(Br)c1. The van der Waals surface area contributed by atoms with Gasteiger partial charge < -0.3 is 5.73 Å². The van der Waals surface area contributed by atoms with Crippen LogP contribution in [0.3, 0.4) is 0 Å². The highest BCUT2D eigenvalue weighted by Gasteiger charge is 2.20. The number of nitrogens with two attached hydrogens (primary N) is 1. The number of hydrogen-bond donors (Lipinski definition) is 2. The van der Waals surface area contributed by atoms with Crippen LogP contribution in [0.5, 0.6) is 0 Å². The minimum absolute atomic E-state index is 0.0220. The molecule has 4 nitrogen and oxygen atoms in total. The number of rotatable bonds is 3. The van der Waals surface area contributed by atoms with Crippen molar-refractivity contribution in [3.05, 3.63) is 49.9 Å². The average molecular weight is 455 g/mol. The van der Waals surface area contributed by atoms with Crippen LogP contribution in [-0.2, 0) is 10.0 Å². The zero-order chi connectivity index (χ0) is 15.8. The van der Waals surface area contributed by atoms with Crippen LogP contribution in [0.4, 0.5) is 11.4 Å². The fourth-order valence-corrected chi connectivity index (χ4v) is 5.02. The highest BCUT2D eigenvalue weighted by Crippen LogP contribution is 2.34. The van der Waals surface area contributed by atoms with Gasteiger partial charge in [-0.05, 0) is 74.7 Å². The third kappa shape index (κ3) is 3.71. The molecule has 112 valence electrons. The molecule has 3 N–H and O–H groups in total. The highest BCUT2D eigenvalue weighted by atomic mass is 79.9. The molecule has 21 heavy (non-hydrogen) atoms. The van der Waals surface area contributed by atoms with Crippen molar-refractivity contribution in [2.45, 2.75) is 11.8 Å². The lowest BCUT2D eigenvalue weighted by Gasteiger charge is -2.14. The summed E-state index contributed by atoms with van der Waals surface area (Å²) in [6.45, 7) is 1.91. The number of hydrogen-bond acceptors (Lipinski definition) is 3. The first-order chi connectivity index (χ1) is 9.70. The molecule has 0 spiro atoms. The Balaban J connectivity index is 2.47. The number of aryl methyl sites for hydroxylation is 1. The minimum atomic E-state index is -3.81. The minimum Gasteiger partial charge on any atom is -0.398 e. The summed E-state index contributed by atoms with van der Waals surface area (Å²) < 4.78 is 28.7. The molecule has 0 amide bonds. The summed E-state index contributed by atoms with van der Waals surface area (Å²) in [5.74, 6) is 0. The molecule has 0 heterocycles. The maximum absolute atomic E-state index is 12.4. The summed E-state index contributed by atoms with van der Waals surface area (Å²) in [5.41, 5.74) is 7.23. The Morgan fingerprint density at radius 3 is 2.24 bits per heavy atom. The Bertz CT molecular complexity index is 787. The average Bonchev–Trinajstić information content (AvgIpc) is 2.33. The van der Waals surface area contributed by atoms with Crippen LogP contribution in [-0.4, -0.2) is 8.42 Å². The van der Waals surface area contributed by atoms with Crippen LogP contribution in [0.1, 0.15) is 5.56 Å². The van der Waals surface area contributed by atoms with Crippen molar-refractivity contribution < 1.29 is 8.42 Å². The van der Waals surface area contributed by atoms with Gasteiger partial charge in [-0.3, -0.25) is 4.72 Å². The molecule has 0 aliphatic heterocycles. The van der Waals surface area contributed by atoms with Gasteiger partial charge in [-0.15, -0.1) is 0 Å². The van der Waals surface area contributed by atoms with Gasteiger partial charge >= 0.3 is 0 Å². The molecule has 2 aromatic carbocycles. The lowest BCUT2D eigenvalue weighted by Crippen LogP contribution is -2.15. The third-order valence-electron chi connectivity index (χ3n) is 2.68. The molecule has 0 bridgehead atoms. The topological polar surface area (TPSA) is 72.2 Å². The second-order valence-corrected chi connectivity index (χ2v) is 8.19. The lowest BCUT2D eigenvalue weighted by atomic mass is 10.2. The molecule has 2 rings (SSSR count). The largest absolute Gasteiger partial charge is 0.398 e. The smallest absolute Gasteiger partial charge is 0.264 e. The monoisotopic (exact) mass is 452 g/mol. The van der Waals surface area contributed by atoms with E-state index in [1.807, 2.05) is 19.1 Å². The van der Waals surface area contributed by atoms with Crippen LogP contribution >= 0.6 is 43.5 Å². The van der Waals surface area contributed by atoms with Crippen molar-refractivity contribution in [3.63, 3.8) is 0 Å². The first kappa shape index (κ1) is 16.6. The van der Waals surface area contributed by atoms with E-state index in [4.69, 9.17) is 17.3 Å². The molecule has 0 unspecified atom stereocenters. The van der Waals surface area contributed by atoms with Gasteiger partial charge in [-0.2, -0.15) is 0 Å². The maximum atomic E-state index is 12.4. The maximum Gasteiger partial charge on any atom is 0.264 e. The Morgan fingerprint density at radius 2 is 1.71 bits per heavy atom. The standard InChI is InChI=1S/C13H11Br2ClN2O2S/c1-7-4-9(14)13(10(15)5-7)18-21(19,20)12-3-2-8(16)6-11(12)17/h2-6,18H,17H2,1H3. The van der Waals surface area contributed by atoms with E-state index < -0.39 is 10.0 Å². The van der Waals surface area contributed by atoms with E-state index in [1.54, 1.807) is 0 Å². The Morgan fingerprint density at radius 1 is 1.14 bits per heavy atom. The van der Waals surface area contributed by atoms with Crippen LogP contribution in [0, 0.1) is 6.92 Å². The lowest BCUT2D eigenvalue weighted by molar-refractivity contribution is 0.601. The van der Waals surface area contributed by atoms with E-state index in [0.717, 1.165) is 5.56 Å². The van der Waals surface area contributed by atoms with Crippen molar-refractivity contribution in [3.8, 4) is 0 Å². The van der Waals surface area contributed by atoms with E-state index in [-0.39, 0.29) is 10.6 Å². The summed E-state index contributed by atoms with van der Waals surface area (Å²) in [5, 5.41) is 0.379. The third-order valence-corrected chi connectivity index (χ3v) is 5.59. The van der Waals surface area contributed by atoms with Crippen molar-refractivity contribution in [1.29, 1.82) is 0 Å². The van der Waals surface area contributed by atoms with Crippen LogP contribution in [0.2, 0.25) is 5.02 Å². The summed E-state index contributed by atoms with van der Waals surface area (Å²) >= 11 is 12.5. The van der Waals surface area contributed by atoms with E-state index in [9.17, 15) is 8.42 Å². The van der Waals surface area contributed by atoms with E-state index in [2.05, 4.69) is 36.6 Å². The van der Waals surface area contributed by atoms with Crippen LogP contribution in [0.15, 0.2) is 44.2 Å². The molecule has 0 saturated carbocycles. The van der Waals surface area contributed by atoms with E-state index >= 15 is 0 Å². The molecule has 0 saturated heterocycles. The van der Waals surface area contributed by atoms with E-state index in [0.29, 0.717) is 19.7 Å². The van der Waals surface area contributed by atoms with E-state index in [1.165, 1.54) is 18.2 Å². The Kier molecular flexibility index (Phi) is 4.87. The van der Waals surface area contributed by atoms with Gasteiger partial charge in [0, 0.05) is 14.0 Å². The van der Waals surface area contributed by atoms with Crippen LogP contribution in [0.25, 0.3) is 0 Å². The van der Waals surface area contributed by atoms with Gasteiger partial charge in [-0.25, -0.2) is 8.42 Å². The summed E-state index contributed by atoms with van der Waals surface area (Å²) in [6.07, 6.45) is 0. The molecular formula is C13H11Br2ClN2O2S. The number of benzene rings is 2. The van der Waals surface area contributed by atoms with Gasteiger partial charge in [0.15, 0.2) is 0 Å². The first-order valence-corrected chi connectivity index (χ1v) is 9.19. The van der Waals surface area contributed by atoms with Gasteiger partial charge in [-0.1, -0.05) is 11.6 Å². The van der Waals surface area contributed by atoms with Crippen molar-refractivity contribution in [1.82, 2.24) is 0 Å². The predicted octanol–water partition coefficient (Wildman–Crippen LogP) is 4.56. The molecule has 0 aliphatic rings. The zero-order valence-electron chi connectivity index (χ0n) is 10.8. The van der Waals surface area contributed by atoms with Crippen molar-refractivity contribution in [2.75, 3.05) is 10.5 Å². The van der Waals surface area contributed by atoms with Gasteiger partial charge in [0.05, 0.1) is 11.4 Å². The molecule has 0 fully saturated rings. The van der Waals surface area contributed by atoms with Gasteiger partial charge in [0.2, 0.25) is 0 Å². The van der Waals surface area contributed by atoms with Crippen molar-refractivity contribution >= 4 is 64.9 Å². The summed E-state index contributed by atoms with van der Waals surface area (Å²) in [6, 6.07) is 7.87. The Labute approximate surface area is 145 Å². The number of halogens is 3. The predicted molar refractivity (Wildman–Crippen MR) is 93.3 cm³/mol. The summed E-state index contributed by atoms with van der Waals surface area (Å²) in [4.78, 5) is -0.0220. The van der Waals surface area contributed by atoms with Gasteiger partial charge in [0.25, 0.3) is 10.0 Å².